The molecule has 1 saturated heterocycles. The Morgan fingerprint density at radius 2 is 2.15 bits per heavy atom. The van der Waals surface area contributed by atoms with Crippen LogP contribution >= 0.6 is 0 Å². The maximum atomic E-state index is 11.9. The average Bonchev–Trinajstić information content (AvgIpc) is 3.14. The van der Waals surface area contributed by atoms with Crippen molar-refractivity contribution in [3.05, 3.63) is 18.2 Å². The van der Waals surface area contributed by atoms with Crippen LogP contribution in [-0.4, -0.2) is 30.1 Å². The number of hydrogen-bond acceptors (Lipinski definition) is 3. The topological polar surface area (TPSA) is 57.3 Å². The molecule has 0 spiro atoms. The summed E-state index contributed by atoms with van der Waals surface area (Å²) in [5, 5.41) is 5.81. The molecule has 2 amide bonds. The number of hydrogen-bond donors (Lipinski definition) is 2. The number of aromatic nitrogens is 1. The van der Waals surface area contributed by atoms with Crippen LogP contribution < -0.4 is 15.5 Å². The largest absolute Gasteiger partial charge is 0.357 e. The minimum absolute atomic E-state index is 0. The maximum absolute atomic E-state index is 11.9. The van der Waals surface area contributed by atoms with Crippen LogP contribution in [0.3, 0.4) is 0 Å². The highest BCUT2D eigenvalue weighted by Crippen LogP contribution is 2.32. The molecule has 20 heavy (non-hydrogen) atoms. The van der Waals surface area contributed by atoms with Gasteiger partial charge in [0.1, 0.15) is 11.6 Å². The molecule has 0 unspecified atom stereocenters. The number of nitrogens with one attached hydrogen (secondary N) is 2. The van der Waals surface area contributed by atoms with Gasteiger partial charge in [0.05, 0.1) is 0 Å². The van der Waals surface area contributed by atoms with Crippen molar-refractivity contribution in [3.8, 4) is 0 Å². The van der Waals surface area contributed by atoms with Gasteiger partial charge in [-0.15, -0.1) is 0 Å². The number of carbonyl (C=O) groups excluding carboxylic acids is 1. The summed E-state index contributed by atoms with van der Waals surface area (Å²) in [6.07, 6.45) is 4.89. The highest BCUT2D eigenvalue weighted by molar-refractivity contribution is 5.88. The maximum Gasteiger partial charge on any atom is 0.320 e. The summed E-state index contributed by atoms with van der Waals surface area (Å²) >= 11 is 0. The minimum Gasteiger partial charge on any atom is -0.357 e. The van der Waals surface area contributed by atoms with E-state index in [1.54, 1.807) is 0 Å². The first-order valence-electron chi connectivity index (χ1n) is 7.52. The molecule has 1 aliphatic carbocycles. The average molecular weight is 278 g/mol. The van der Waals surface area contributed by atoms with E-state index in [-0.39, 0.29) is 14.9 Å². The van der Waals surface area contributed by atoms with E-state index in [1.807, 2.05) is 18.2 Å². The summed E-state index contributed by atoms with van der Waals surface area (Å²) in [5.41, 5.74) is 0. The molecule has 2 heterocycles. The van der Waals surface area contributed by atoms with Gasteiger partial charge in [-0.05, 0) is 50.7 Å². The van der Waals surface area contributed by atoms with Crippen LogP contribution in [0.2, 0.25) is 0 Å². The van der Waals surface area contributed by atoms with Crippen LogP contribution in [0.5, 0.6) is 0 Å². The lowest BCUT2D eigenvalue weighted by Gasteiger charge is -2.17. The van der Waals surface area contributed by atoms with E-state index in [0.717, 1.165) is 18.9 Å². The lowest BCUT2D eigenvalue weighted by Crippen LogP contribution is -2.37. The molecule has 0 radical (unpaired) electrons. The van der Waals surface area contributed by atoms with Gasteiger partial charge in [0.25, 0.3) is 0 Å². The highest BCUT2D eigenvalue weighted by atomic mass is 16.2. The summed E-state index contributed by atoms with van der Waals surface area (Å²) in [6, 6.07) is 5.87. The van der Waals surface area contributed by atoms with E-state index in [4.69, 9.17) is 0 Å². The zero-order chi connectivity index (χ0) is 13.9. The van der Waals surface area contributed by atoms with Gasteiger partial charge in [0.15, 0.2) is 0 Å². The highest BCUT2D eigenvalue weighted by Gasteiger charge is 2.28. The number of rotatable bonds is 4. The first-order chi connectivity index (χ1) is 9.72. The van der Waals surface area contributed by atoms with Crippen LogP contribution in [0.1, 0.15) is 35.5 Å². The molecule has 5 nitrogen and oxygen atoms in total. The van der Waals surface area contributed by atoms with E-state index in [9.17, 15) is 4.79 Å². The molecule has 1 saturated carbocycles. The van der Waals surface area contributed by atoms with Crippen LogP contribution in [0.15, 0.2) is 18.2 Å². The molecule has 1 aromatic heterocycles. The predicted molar refractivity (Wildman–Crippen MR) is 84.3 cm³/mol. The first-order valence-corrected chi connectivity index (χ1v) is 7.52. The molecule has 0 bridgehead atoms. The third kappa shape index (κ3) is 3.21. The van der Waals surface area contributed by atoms with Crippen LogP contribution in [0.25, 0.3) is 0 Å². The second kappa shape index (κ2) is 5.69. The van der Waals surface area contributed by atoms with Crippen molar-refractivity contribution in [2.24, 2.45) is 5.92 Å². The molecule has 112 valence electrons. The van der Waals surface area contributed by atoms with Gasteiger partial charge in [0.2, 0.25) is 0 Å². The van der Waals surface area contributed by atoms with Crippen molar-refractivity contribution in [2.75, 3.05) is 23.3 Å². The smallest absolute Gasteiger partial charge is 0.320 e. The second-order valence-corrected chi connectivity index (χ2v) is 5.80. The molecule has 2 fully saturated rings. The Kier molecular flexibility index (Phi) is 3.76. The first kappa shape index (κ1) is 13.2. The van der Waals surface area contributed by atoms with Gasteiger partial charge >= 0.3 is 6.03 Å². The lowest BCUT2D eigenvalue weighted by molar-refractivity contribution is 0.248. The van der Waals surface area contributed by atoms with Crippen LogP contribution in [-0.2, 0) is 0 Å². The van der Waals surface area contributed by atoms with Gasteiger partial charge < -0.3 is 10.2 Å². The monoisotopic (exact) mass is 278 g/mol. The van der Waals surface area contributed by atoms with E-state index < -0.39 is 0 Å². The minimum atomic E-state index is -0.157. The zero-order valence-electron chi connectivity index (χ0n) is 11.9. The van der Waals surface area contributed by atoms with Crippen molar-refractivity contribution in [3.63, 3.8) is 0 Å². The zero-order valence-corrected chi connectivity index (χ0v) is 11.9. The molecular formula is C15H26N4O. The molecular weight excluding hydrogens is 252 g/mol. The van der Waals surface area contributed by atoms with Crippen LogP contribution in [0, 0.1) is 5.92 Å². The third-order valence-corrected chi connectivity index (χ3v) is 4.09. The van der Waals surface area contributed by atoms with Gasteiger partial charge in [-0.2, -0.15) is 0 Å². The standard InChI is InChI=1S/C15H22N4O.2H2/c1-11(12-7-8-12)16-15(20)18-13-5-4-6-14(17-13)19-9-2-3-10-19;;/h4-6,11-12H,2-3,7-10H2,1H3,(H2,16,17,18,20);2*1H/t11-;;/m0../s1. The Morgan fingerprint density at radius 3 is 2.85 bits per heavy atom. The second-order valence-electron chi connectivity index (χ2n) is 5.80. The summed E-state index contributed by atoms with van der Waals surface area (Å²) in [4.78, 5) is 18.7. The fraction of sp³-hybridized carbons (Fsp3) is 0.600. The normalized spacial score (nSPS) is 19.8. The van der Waals surface area contributed by atoms with Crippen molar-refractivity contribution in [2.45, 2.75) is 38.6 Å². The Morgan fingerprint density at radius 1 is 1.40 bits per heavy atom. The van der Waals surface area contributed by atoms with E-state index in [2.05, 4.69) is 27.4 Å². The Hall–Kier alpha value is -1.78. The molecule has 1 aromatic rings. The fourth-order valence-electron chi connectivity index (χ4n) is 2.69. The van der Waals surface area contributed by atoms with Crippen LogP contribution in [0.4, 0.5) is 16.4 Å². The number of anilines is 2. The number of urea groups is 1. The Bertz CT molecular complexity index is 490. The SMILES string of the molecule is C[C@H](NC(=O)Nc1cccc(N2CCCC2)n1)C1CC1.[HH].[HH]. The summed E-state index contributed by atoms with van der Waals surface area (Å²) in [5.74, 6) is 2.23. The Balaban J connectivity index is 0.00000121. The number of amides is 2. The van der Waals surface area contributed by atoms with Crippen molar-refractivity contribution in [1.29, 1.82) is 0 Å². The van der Waals surface area contributed by atoms with Gasteiger partial charge in [-0.3, -0.25) is 5.32 Å². The van der Waals surface area contributed by atoms with E-state index in [1.165, 1.54) is 25.7 Å². The molecule has 1 atom stereocenters. The Labute approximate surface area is 122 Å². The number of pyridine rings is 1. The molecule has 2 N–H and O–H groups in total. The lowest BCUT2D eigenvalue weighted by atomic mass is 10.2. The van der Waals surface area contributed by atoms with E-state index >= 15 is 0 Å². The third-order valence-electron chi connectivity index (χ3n) is 4.09. The predicted octanol–water partition coefficient (Wildman–Crippen LogP) is 3.09. The van der Waals surface area contributed by atoms with Gasteiger partial charge in [-0.1, -0.05) is 6.07 Å². The molecule has 5 heteroatoms. The van der Waals surface area contributed by atoms with Crippen molar-refractivity contribution < 1.29 is 7.65 Å². The summed E-state index contributed by atoms with van der Waals surface area (Å²) in [6.45, 7) is 4.17. The number of carbonyl (C=O) groups is 1. The van der Waals surface area contributed by atoms with Crippen molar-refractivity contribution in [1.82, 2.24) is 10.3 Å². The molecule has 2 aliphatic rings. The van der Waals surface area contributed by atoms with Crippen molar-refractivity contribution >= 4 is 17.7 Å². The van der Waals surface area contributed by atoms with Gasteiger partial charge in [0, 0.05) is 22.0 Å². The summed E-state index contributed by atoms with van der Waals surface area (Å²) in [7, 11) is 0. The molecule has 1 aliphatic heterocycles. The van der Waals surface area contributed by atoms with Gasteiger partial charge in [-0.25, -0.2) is 9.78 Å². The fourth-order valence-corrected chi connectivity index (χ4v) is 2.69. The van der Waals surface area contributed by atoms with E-state index in [0.29, 0.717) is 11.7 Å². The molecule has 0 aromatic carbocycles. The molecule has 3 rings (SSSR count). The number of nitrogens with zero attached hydrogens (tertiary/aromatic N) is 2. The quantitative estimate of drug-likeness (QED) is 0.889. The summed E-state index contributed by atoms with van der Waals surface area (Å²) < 4.78 is 0.